The van der Waals surface area contributed by atoms with Gasteiger partial charge in [-0.25, -0.2) is 17.9 Å². The van der Waals surface area contributed by atoms with Crippen molar-refractivity contribution in [1.29, 1.82) is 0 Å². The number of nitrogens with two attached hydrogens (primary N) is 1. The molecular weight excluding hydrogens is 534 g/mol. The quantitative estimate of drug-likeness (QED) is 0.239. The lowest BCUT2D eigenvalue weighted by Crippen LogP contribution is -2.36. The summed E-state index contributed by atoms with van der Waals surface area (Å²) < 4.78 is 30.8. The van der Waals surface area contributed by atoms with Crippen molar-refractivity contribution < 1.29 is 33.0 Å². The summed E-state index contributed by atoms with van der Waals surface area (Å²) in [7, 11) is -3.69. The smallest absolute Gasteiger partial charge is 0.407 e. The minimum atomic E-state index is -3.69. The van der Waals surface area contributed by atoms with E-state index in [2.05, 4.69) is 0 Å². The number of nitrogens with one attached hydrogen (secondary N) is 1. The molecule has 3 aromatic carbocycles. The minimum absolute atomic E-state index is 0.0543. The van der Waals surface area contributed by atoms with Gasteiger partial charge in [-0.2, -0.15) is 0 Å². The summed E-state index contributed by atoms with van der Waals surface area (Å²) in [4.78, 5) is 25.3. The number of hydrogen-bond donors (Lipinski definition) is 4. The lowest BCUT2D eigenvalue weighted by atomic mass is 9.93. The van der Waals surface area contributed by atoms with Crippen LogP contribution in [0.25, 0.3) is 11.1 Å². The molecule has 0 aliphatic carbocycles. The summed E-state index contributed by atoms with van der Waals surface area (Å²) in [6.07, 6.45) is -0.635. The van der Waals surface area contributed by atoms with E-state index in [0.717, 1.165) is 27.8 Å². The van der Waals surface area contributed by atoms with Gasteiger partial charge < -0.3 is 25.6 Å². The molecule has 0 heterocycles. The molecule has 0 fully saturated rings. The molecule has 0 unspecified atom stereocenters. The first kappa shape index (κ1) is 30.5. The number of nitrogens with zero attached hydrogens (tertiary/aromatic N) is 1. The molecule has 3 rings (SSSR count). The number of sulfonamides is 1. The molecule has 214 valence electrons. The number of carbonyl (C=O) groups excluding carboxylic acids is 1. The third kappa shape index (κ3) is 8.99. The fourth-order valence-electron chi connectivity index (χ4n) is 4.14. The Kier molecular flexibility index (Phi) is 10.1. The van der Waals surface area contributed by atoms with E-state index in [0.29, 0.717) is 29.0 Å². The molecule has 0 bridgehead atoms. The number of carbonyl (C=O) groups is 2. The average molecular weight is 570 g/mol. The predicted octanol–water partition coefficient (Wildman–Crippen LogP) is 3.92. The number of amides is 2. The molecule has 0 saturated carbocycles. The molecule has 11 heteroatoms. The Morgan fingerprint density at radius 3 is 2.20 bits per heavy atom. The number of aliphatic hydroxyl groups is 1. The van der Waals surface area contributed by atoms with Gasteiger partial charge in [-0.15, -0.1) is 0 Å². The van der Waals surface area contributed by atoms with Crippen molar-refractivity contribution in [1.82, 2.24) is 9.62 Å². The zero-order valence-corrected chi connectivity index (χ0v) is 23.5. The van der Waals surface area contributed by atoms with Crippen molar-refractivity contribution in [2.75, 3.05) is 31.7 Å². The molecule has 0 aromatic heterocycles. The normalized spacial score (nSPS) is 12.1. The van der Waals surface area contributed by atoms with Crippen LogP contribution in [0.4, 0.5) is 10.5 Å². The highest BCUT2D eigenvalue weighted by Crippen LogP contribution is 2.26. The maximum atomic E-state index is 12.5. The zero-order valence-electron chi connectivity index (χ0n) is 22.7. The highest BCUT2D eigenvalue weighted by Gasteiger charge is 2.19. The summed E-state index contributed by atoms with van der Waals surface area (Å²) in [6, 6.07) is 19.1. The topological polar surface area (TPSA) is 159 Å². The molecule has 0 saturated heterocycles. The second kappa shape index (κ2) is 13.3. The van der Waals surface area contributed by atoms with Crippen LogP contribution in [0.2, 0.25) is 0 Å². The summed E-state index contributed by atoms with van der Waals surface area (Å²) in [5, 5.41) is 20.0. The first-order chi connectivity index (χ1) is 18.8. The van der Waals surface area contributed by atoms with Gasteiger partial charge in [-0.05, 0) is 64.9 Å². The molecule has 0 radical (unpaired) electrons. The van der Waals surface area contributed by atoms with Gasteiger partial charge in [0.2, 0.25) is 10.0 Å². The molecule has 1 atom stereocenters. The number of benzene rings is 3. The van der Waals surface area contributed by atoms with Gasteiger partial charge in [0, 0.05) is 11.3 Å². The zero-order chi connectivity index (χ0) is 29.4. The van der Waals surface area contributed by atoms with E-state index in [1.165, 1.54) is 0 Å². The van der Waals surface area contributed by atoms with Crippen LogP contribution in [-0.2, 0) is 16.4 Å². The number of rotatable bonds is 12. The third-order valence-corrected chi connectivity index (χ3v) is 6.61. The second-order valence-corrected chi connectivity index (χ2v) is 11.7. The maximum absolute atomic E-state index is 12.5. The molecule has 2 amide bonds. The monoisotopic (exact) mass is 569 g/mol. The van der Waals surface area contributed by atoms with Gasteiger partial charge in [0.1, 0.15) is 12.4 Å². The fraction of sp³-hybridized carbons (Fsp3) is 0.310. The fourth-order valence-corrected chi connectivity index (χ4v) is 4.59. The Morgan fingerprint density at radius 2 is 1.62 bits per heavy atom. The average Bonchev–Trinajstić information content (AvgIpc) is 2.87. The van der Waals surface area contributed by atoms with Crippen molar-refractivity contribution in [2.45, 2.75) is 26.4 Å². The van der Waals surface area contributed by atoms with Gasteiger partial charge in [0.25, 0.3) is 5.91 Å². The first-order valence-corrected chi connectivity index (χ1v) is 14.6. The van der Waals surface area contributed by atoms with E-state index >= 15 is 0 Å². The highest BCUT2D eigenvalue weighted by atomic mass is 32.2. The molecule has 3 aromatic rings. The molecule has 0 spiro atoms. The second-order valence-electron chi connectivity index (χ2n) is 9.96. The van der Waals surface area contributed by atoms with Gasteiger partial charge in [0.15, 0.2) is 0 Å². The number of nitrogen functional groups attached to an aromatic ring is 1. The summed E-state index contributed by atoms with van der Waals surface area (Å²) in [5.74, 6) is 0.123. The van der Waals surface area contributed by atoms with Crippen LogP contribution in [0.1, 0.15) is 41.4 Å². The van der Waals surface area contributed by atoms with Crippen LogP contribution < -0.4 is 15.2 Å². The van der Waals surface area contributed by atoms with E-state index < -0.39 is 28.1 Å². The van der Waals surface area contributed by atoms with E-state index in [-0.39, 0.29) is 25.6 Å². The van der Waals surface area contributed by atoms with Crippen LogP contribution in [-0.4, -0.2) is 61.5 Å². The lowest BCUT2D eigenvalue weighted by Gasteiger charge is -2.23. The maximum Gasteiger partial charge on any atom is 0.407 e. The van der Waals surface area contributed by atoms with Crippen LogP contribution >= 0.6 is 0 Å². The van der Waals surface area contributed by atoms with Crippen LogP contribution in [0.15, 0.2) is 66.7 Å². The largest absolute Gasteiger partial charge is 0.492 e. The summed E-state index contributed by atoms with van der Waals surface area (Å²) in [5.41, 5.74) is 9.55. The van der Waals surface area contributed by atoms with Crippen molar-refractivity contribution in [3.05, 3.63) is 83.4 Å². The van der Waals surface area contributed by atoms with Crippen molar-refractivity contribution >= 4 is 27.7 Å². The van der Waals surface area contributed by atoms with Crippen LogP contribution in [0, 0.1) is 5.92 Å². The molecule has 0 aliphatic rings. The van der Waals surface area contributed by atoms with E-state index in [4.69, 9.17) is 10.5 Å². The first-order valence-electron chi connectivity index (χ1n) is 12.7. The highest BCUT2D eigenvalue weighted by molar-refractivity contribution is 7.89. The van der Waals surface area contributed by atoms with Gasteiger partial charge in [0.05, 0.1) is 25.4 Å². The predicted molar refractivity (Wildman–Crippen MR) is 154 cm³/mol. The molecule has 40 heavy (non-hydrogen) atoms. The molecule has 5 N–H and O–H groups in total. The molecule has 10 nitrogen and oxygen atoms in total. The lowest BCUT2D eigenvalue weighted by molar-refractivity contribution is 0.0894. The van der Waals surface area contributed by atoms with Crippen LogP contribution in [0.5, 0.6) is 5.75 Å². The van der Waals surface area contributed by atoms with Gasteiger partial charge in [-0.1, -0.05) is 50.2 Å². The van der Waals surface area contributed by atoms with Crippen molar-refractivity contribution in [3.63, 3.8) is 0 Å². The molecule has 0 aliphatic heterocycles. The van der Waals surface area contributed by atoms with E-state index in [9.17, 15) is 28.2 Å². The number of ether oxygens (including phenoxy) is 1. The van der Waals surface area contributed by atoms with Gasteiger partial charge >= 0.3 is 6.09 Å². The van der Waals surface area contributed by atoms with Crippen LogP contribution in [0.3, 0.4) is 0 Å². The van der Waals surface area contributed by atoms with Crippen molar-refractivity contribution in [2.24, 2.45) is 5.92 Å². The number of anilines is 1. The number of carboxylic acid groups (broad SMARTS) is 1. The number of aliphatic hydroxyl groups excluding tert-OH is 1. The van der Waals surface area contributed by atoms with E-state index in [1.54, 1.807) is 48.5 Å². The summed E-state index contributed by atoms with van der Waals surface area (Å²) >= 11 is 0. The SMILES string of the molecule is CC(C)Cc1cc(-c2ccc(OCCN(C[C@@H](O)c3ccc(N)cc3)C(=O)O)cc2)ccc1C(=O)NS(C)(=O)=O. The number of hydrogen-bond acceptors (Lipinski definition) is 7. The molecular formula is C29H35N3O7S. The van der Waals surface area contributed by atoms with Crippen molar-refractivity contribution in [3.8, 4) is 16.9 Å². The minimum Gasteiger partial charge on any atom is -0.492 e. The Bertz CT molecular complexity index is 1420. The van der Waals surface area contributed by atoms with Gasteiger partial charge in [-0.3, -0.25) is 4.79 Å². The Labute approximate surface area is 234 Å². The Hall–Kier alpha value is -4.09. The Morgan fingerprint density at radius 1 is 1.00 bits per heavy atom. The summed E-state index contributed by atoms with van der Waals surface area (Å²) in [6.45, 7) is 4.06. The Balaban J connectivity index is 1.65. The van der Waals surface area contributed by atoms with E-state index in [1.807, 2.05) is 36.8 Å². The standard InChI is InChI=1S/C29H35N3O7S/c1-19(2)16-23-17-22(8-13-26(23)28(34)31-40(3,37)38)20-6-11-25(12-7-20)39-15-14-32(29(35)36)18-27(33)21-4-9-24(30)10-5-21/h4-13,17,19,27,33H,14-16,18,30H2,1-3H3,(H,31,34)(H,35,36)/t27-/m1/s1. The third-order valence-electron chi connectivity index (χ3n) is 6.06.